The van der Waals surface area contributed by atoms with Crippen molar-refractivity contribution in [2.24, 2.45) is 17.1 Å². The van der Waals surface area contributed by atoms with E-state index in [0.717, 1.165) is 38.9 Å². The van der Waals surface area contributed by atoms with Crippen molar-refractivity contribution in [3.05, 3.63) is 0 Å². The Hall–Kier alpha value is -0.680. The highest BCUT2D eigenvalue weighted by Gasteiger charge is 2.50. The number of amides is 1. The van der Waals surface area contributed by atoms with Gasteiger partial charge in [-0.25, -0.2) is 0 Å². The third kappa shape index (κ3) is 3.89. The van der Waals surface area contributed by atoms with Crippen LogP contribution in [0.5, 0.6) is 0 Å². The Bertz CT molecular complexity index is 323. The average Bonchev–Trinajstić information content (AvgIpc) is 2.34. The number of nitrogens with zero attached hydrogens (tertiary/aromatic N) is 1. The Morgan fingerprint density at radius 2 is 2.00 bits per heavy atom. The molecule has 0 heterocycles. The maximum Gasteiger partial charge on any atom is 0.233 e. The molecule has 1 aliphatic rings. The summed E-state index contributed by atoms with van der Waals surface area (Å²) in [6.45, 7) is 10.3. The van der Waals surface area contributed by atoms with Crippen LogP contribution in [0, 0.1) is 11.3 Å². The molecular formula is C14H27N3OS. The summed E-state index contributed by atoms with van der Waals surface area (Å²) >= 11 is 5.08. The van der Waals surface area contributed by atoms with Gasteiger partial charge in [-0.15, -0.1) is 0 Å². The van der Waals surface area contributed by atoms with Gasteiger partial charge in [0.1, 0.15) is 0 Å². The largest absolute Gasteiger partial charge is 0.392 e. The van der Waals surface area contributed by atoms with Crippen molar-refractivity contribution in [3.8, 4) is 0 Å². The van der Waals surface area contributed by atoms with Gasteiger partial charge in [0.2, 0.25) is 5.91 Å². The third-order valence-corrected chi connectivity index (χ3v) is 4.52. The van der Waals surface area contributed by atoms with E-state index in [4.69, 9.17) is 18.0 Å². The van der Waals surface area contributed by atoms with Gasteiger partial charge in [0.05, 0.1) is 10.4 Å². The van der Waals surface area contributed by atoms with Crippen molar-refractivity contribution in [1.82, 2.24) is 10.2 Å². The summed E-state index contributed by atoms with van der Waals surface area (Å²) < 4.78 is 0. The van der Waals surface area contributed by atoms with Crippen molar-refractivity contribution in [3.63, 3.8) is 0 Å². The normalized spacial score (nSPS) is 26.0. The Kier molecular flexibility index (Phi) is 6.20. The van der Waals surface area contributed by atoms with E-state index in [1.54, 1.807) is 0 Å². The molecule has 1 fully saturated rings. The summed E-state index contributed by atoms with van der Waals surface area (Å²) in [5.74, 6) is 0.570. The molecule has 1 rings (SSSR count). The van der Waals surface area contributed by atoms with Gasteiger partial charge < -0.3 is 16.0 Å². The summed E-state index contributed by atoms with van der Waals surface area (Å²) in [6, 6.07) is 0. The smallest absolute Gasteiger partial charge is 0.233 e. The van der Waals surface area contributed by atoms with Crippen molar-refractivity contribution < 1.29 is 4.79 Å². The van der Waals surface area contributed by atoms with Gasteiger partial charge in [0, 0.05) is 6.54 Å². The SMILES string of the molecule is CCN(CC)CCCNC(=O)C1(C(N)=S)CC(C)C1. The van der Waals surface area contributed by atoms with Crippen LogP contribution in [0.15, 0.2) is 0 Å². The Morgan fingerprint density at radius 1 is 1.42 bits per heavy atom. The van der Waals surface area contributed by atoms with E-state index in [1.165, 1.54) is 0 Å². The molecule has 4 nitrogen and oxygen atoms in total. The molecule has 0 saturated heterocycles. The van der Waals surface area contributed by atoms with E-state index < -0.39 is 5.41 Å². The molecule has 0 aromatic heterocycles. The summed E-state index contributed by atoms with van der Waals surface area (Å²) in [7, 11) is 0. The molecule has 110 valence electrons. The molecule has 0 bridgehead atoms. The fraction of sp³-hybridized carbons (Fsp3) is 0.857. The van der Waals surface area contributed by atoms with Crippen LogP contribution in [0.3, 0.4) is 0 Å². The number of thiocarbonyl (C=S) groups is 1. The lowest BCUT2D eigenvalue weighted by Gasteiger charge is -2.44. The minimum atomic E-state index is -0.566. The highest BCUT2D eigenvalue weighted by atomic mass is 32.1. The van der Waals surface area contributed by atoms with E-state index in [-0.39, 0.29) is 5.91 Å². The molecule has 0 spiro atoms. The van der Waals surface area contributed by atoms with Gasteiger partial charge in [0.15, 0.2) is 0 Å². The third-order valence-electron chi connectivity index (χ3n) is 4.13. The molecule has 1 amide bonds. The first-order valence-electron chi connectivity index (χ1n) is 7.26. The zero-order valence-electron chi connectivity index (χ0n) is 12.4. The lowest BCUT2D eigenvalue weighted by Crippen LogP contribution is -2.56. The molecule has 1 saturated carbocycles. The Balaban J connectivity index is 2.33. The second-order valence-electron chi connectivity index (χ2n) is 5.60. The Morgan fingerprint density at radius 3 is 2.42 bits per heavy atom. The number of nitrogens with two attached hydrogens (primary N) is 1. The standard InChI is InChI=1S/C14H27N3OS/c1-4-17(5-2)8-6-7-16-13(18)14(12(15)19)9-11(3)10-14/h11H,4-10H2,1-3H3,(H2,15,19)(H,16,18). The fourth-order valence-electron chi connectivity index (χ4n) is 2.84. The van der Waals surface area contributed by atoms with E-state index >= 15 is 0 Å². The van der Waals surface area contributed by atoms with Crippen molar-refractivity contribution in [1.29, 1.82) is 0 Å². The number of rotatable bonds is 8. The van der Waals surface area contributed by atoms with E-state index in [9.17, 15) is 4.79 Å². The lowest BCUT2D eigenvalue weighted by atomic mass is 9.62. The van der Waals surface area contributed by atoms with Gasteiger partial charge in [-0.3, -0.25) is 4.79 Å². The second kappa shape index (κ2) is 7.20. The predicted molar refractivity (Wildman–Crippen MR) is 83.0 cm³/mol. The molecule has 3 N–H and O–H groups in total. The van der Waals surface area contributed by atoms with Gasteiger partial charge in [0.25, 0.3) is 0 Å². The maximum atomic E-state index is 12.2. The number of hydrogen-bond acceptors (Lipinski definition) is 3. The first kappa shape index (κ1) is 16.4. The molecule has 0 aromatic carbocycles. The molecule has 0 atom stereocenters. The highest BCUT2D eigenvalue weighted by Crippen LogP contribution is 2.45. The van der Waals surface area contributed by atoms with Crippen LogP contribution >= 0.6 is 12.2 Å². The summed E-state index contributed by atoms with van der Waals surface area (Å²) in [5, 5.41) is 3.00. The Labute approximate surface area is 122 Å². The van der Waals surface area contributed by atoms with Crippen LogP contribution in [0.1, 0.15) is 40.0 Å². The van der Waals surface area contributed by atoms with Crippen molar-refractivity contribution >= 4 is 23.1 Å². The molecule has 19 heavy (non-hydrogen) atoms. The highest BCUT2D eigenvalue weighted by molar-refractivity contribution is 7.80. The quantitative estimate of drug-likeness (QED) is 0.524. The lowest BCUT2D eigenvalue weighted by molar-refractivity contribution is -0.132. The van der Waals surface area contributed by atoms with Gasteiger partial charge in [-0.05, 0) is 44.8 Å². The van der Waals surface area contributed by atoms with Crippen molar-refractivity contribution in [2.45, 2.75) is 40.0 Å². The summed E-state index contributed by atoms with van der Waals surface area (Å²) in [5.41, 5.74) is 5.19. The summed E-state index contributed by atoms with van der Waals surface area (Å²) in [4.78, 5) is 14.9. The monoisotopic (exact) mass is 285 g/mol. The first-order chi connectivity index (χ1) is 8.96. The predicted octanol–water partition coefficient (Wildman–Crippen LogP) is 1.54. The number of carbonyl (C=O) groups excluding carboxylic acids is 1. The first-order valence-corrected chi connectivity index (χ1v) is 7.67. The van der Waals surface area contributed by atoms with Crippen LogP contribution < -0.4 is 11.1 Å². The van der Waals surface area contributed by atoms with Crippen LogP contribution in [-0.2, 0) is 4.79 Å². The number of nitrogens with one attached hydrogen (secondary N) is 1. The molecule has 0 radical (unpaired) electrons. The van der Waals surface area contributed by atoms with Gasteiger partial charge in [-0.1, -0.05) is 33.0 Å². The molecular weight excluding hydrogens is 258 g/mol. The average molecular weight is 285 g/mol. The molecule has 1 aliphatic carbocycles. The van der Waals surface area contributed by atoms with E-state index in [1.807, 2.05) is 0 Å². The summed E-state index contributed by atoms with van der Waals surface area (Å²) in [6.07, 6.45) is 2.56. The minimum absolute atomic E-state index is 0.0256. The van der Waals surface area contributed by atoms with Crippen LogP contribution in [-0.4, -0.2) is 42.0 Å². The molecule has 0 aliphatic heterocycles. The second-order valence-corrected chi connectivity index (χ2v) is 6.04. The van der Waals surface area contributed by atoms with Gasteiger partial charge in [-0.2, -0.15) is 0 Å². The zero-order chi connectivity index (χ0) is 14.5. The van der Waals surface area contributed by atoms with Crippen LogP contribution in [0.25, 0.3) is 0 Å². The number of carbonyl (C=O) groups is 1. The zero-order valence-corrected chi connectivity index (χ0v) is 13.2. The molecule has 5 heteroatoms. The van der Waals surface area contributed by atoms with Crippen LogP contribution in [0.2, 0.25) is 0 Å². The van der Waals surface area contributed by atoms with E-state index in [2.05, 4.69) is 31.0 Å². The molecule has 0 unspecified atom stereocenters. The van der Waals surface area contributed by atoms with E-state index in [0.29, 0.717) is 17.5 Å². The maximum absolute atomic E-state index is 12.2. The molecule has 0 aromatic rings. The fourth-order valence-corrected chi connectivity index (χ4v) is 3.10. The minimum Gasteiger partial charge on any atom is -0.392 e. The van der Waals surface area contributed by atoms with Crippen LogP contribution in [0.4, 0.5) is 0 Å². The topological polar surface area (TPSA) is 58.4 Å². The van der Waals surface area contributed by atoms with Crippen molar-refractivity contribution in [2.75, 3.05) is 26.2 Å². The van der Waals surface area contributed by atoms with Gasteiger partial charge >= 0.3 is 0 Å². The number of hydrogen-bond donors (Lipinski definition) is 2.